The van der Waals surface area contributed by atoms with E-state index in [1.165, 1.54) is 17.4 Å². The number of carboxylic acids is 1. The molecular weight excluding hydrogens is 505 g/mol. The van der Waals surface area contributed by atoms with Gasteiger partial charge in [0.15, 0.2) is 0 Å². The summed E-state index contributed by atoms with van der Waals surface area (Å²) in [6.07, 6.45) is 1.98. The summed E-state index contributed by atoms with van der Waals surface area (Å²) in [6, 6.07) is 12.5. The molecule has 200 valence electrons. The number of unbranched alkanes of at least 4 members (excludes halogenated alkanes) is 1. The summed E-state index contributed by atoms with van der Waals surface area (Å²) in [4.78, 5) is 15.0. The van der Waals surface area contributed by atoms with E-state index in [-0.39, 0.29) is 12.4 Å². The van der Waals surface area contributed by atoms with Gasteiger partial charge in [-0.05, 0) is 49.6 Å². The van der Waals surface area contributed by atoms with E-state index in [1.54, 1.807) is 12.1 Å². The zero-order chi connectivity index (χ0) is 27.2. The minimum Gasteiger partial charge on any atom is -0.490 e. The molecular formula is C28H32FN5O3S. The second-order valence-electron chi connectivity index (χ2n) is 9.64. The molecule has 0 bridgehead atoms. The minimum absolute atomic E-state index is 0.162. The smallest absolute Gasteiger partial charge is 0.309 e. The molecule has 1 unspecified atom stereocenters. The van der Waals surface area contributed by atoms with Crippen LogP contribution in [0.5, 0.6) is 5.75 Å². The minimum atomic E-state index is -0.832. The first-order valence-electron chi connectivity index (χ1n) is 12.7. The van der Waals surface area contributed by atoms with E-state index < -0.39 is 17.9 Å². The predicted octanol–water partition coefficient (Wildman–Crippen LogP) is 5.06. The van der Waals surface area contributed by atoms with Crippen LogP contribution in [0.2, 0.25) is 0 Å². The fourth-order valence-electron chi connectivity index (χ4n) is 4.49. The molecule has 0 saturated carbocycles. The first-order valence-corrected chi connectivity index (χ1v) is 13.5. The second kappa shape index (κ2) is 12.3. The Labute approximate surface area is 226 Å². The maximum absolute atomic E-state index is 14.3. The molecule has 0 aliphatic carbocycles. The molecule has 1 fully saturated rings. The molecule has 10 heteroatoms. The van der Waals surface area contributed by atoms with Crippen LogP contribution in [-0.2, 0) is 11.3 Å². The van der Waals surface area contributed by atoms with Crippen LogP contribution in [0.1, 0.15) is 36.5 Å². The number of aliphatic carboxylic acids is 1. The van der Waals surface area contributed by atoms with Crippen LogP contribution in [0.25, 0.3) is 10.6 Å². The number of likely N-dealkylation sites (tertiary alicyclic amines) is 1. The monoisotopic (exact) mass is 537 g/mol. The Hall–Kier alpha value is -3.55. The first-order chi connectivity index (χ1) is 18.3. The molecule has 1 aromatic heterocycles. The molecule has 38 heavy (non-hydrogen) atoms. The topological polar surface area (TPSA) is 103 Å². The fourth-order valence-corrected chi connectivity index (χ4v) is 5.35. The SMILES string of the molecule is CCCCN(Cc1ccccc1F)c1nnc(-c2cc(C)c(OCC(C#N)N3CC(C(=O)O)C3)c(C)c2)s1. The van der Waals surface area contributed by atoms with Gasteiger partial charge in [0.1, 0.15) is 29.2 Å². The average molecular weight is 538 g/mol. The number of ether oxygens (including phenoxy) is 1. The van der Waals surface area contributed by atoms with Crippen molar-refractivity contribution in [3.63, 3.8) is 0 Å². The molecule has 0 spiro atoms. The number of carbonyl (C=O) groups is 1. The van der Waals surface area contributed by atoms with Gasteiger partial charge in [-0.15, -0.1) is 10.2 Å². The van der Waals surface area contributed by atoms with Gasteiger partial charge in [0.2, 0.25) is 5.13 Å². The predicted molar refractivity (Wildman–Crippen MR) is 145 cm³/mol. The number of hydrogen-bond acceptors (Lipinski definition) is 8. The Morgan fingerprint density at radius 3 is 2.63 bits per heavy atom. The van der Waals surface area contributed by atoms with Crippen LogP contribution in [0.4, 0.5) is 9.52 Å². The van der Waals surface area contributed by atoms with Crippen LogP contribution >= 0.6 is 11.3 Å². The van der Waals surface area contributed by atoms with Crippen molar-refractivity contribution in [3.05, 3.63) is 58.9 Å². The number of hydrogen-bond donors (Lipinski definition) is 1. The van der Waals surface area contributed by atoms with Crippen LogP contribution in [-0.4, -0.2) is 58.5 Å². The van der Waals surface area contributed by atoms with Gasteiger partial charge in [0.25, 0.3) is 0 Å². The molecule has 2 heterocycles. The molecule has 0 amide bonds. The van der Waals surface area contributed by atoms with E-state index in [0.717, 1.165) is 46.2 Å². The van der Waals surface area contributed by atoms with Gasteiger partial charge in [0.05, 0.1) is 12.0 Å². The van der Waals surface area contributed by atoms with Gasteiger partial charge in [-0.2, -0.15) is 5.26 Å². The van der Waals surface area contributed by atoms with Gasteiger partial charge in [-0.25, -0.2) is 4.39 Å². The number of benzene rings is 2. The lowest BCUT2D eigenvalue weighted by atomic mass is 9.98. The molecule has 1 saturated heterocycles. The lowest BCUT2D eigenvalue weighted by Crippen LogP contribution is -2.56. The molecule has 1 aliphatic heterocycles. The first kappa shape index (κ1) is 27.5. The van der Waals surface area contributed by atoms with Crippen molar-refractivity contribution in [1.82, 2.24) is 15.1 Å². The van der Waals surface area contributed by atoms with Crippen molar-refractivity contribution in [2.24, 2.45) is 5.92 Å². The molecule has 1 atom stereocenters. The van der Waals surface area contributed by atoms with E-state index in [1.807, 2.05) is 36.9 Å². The summed E-state index contributed by atoms with van der Waals surface area (Å²) in [6.45, 7) is 8.09. The van der Waals surface area contributed by atoms with E-state index in [9.17, 15) is 14.4 Å². The lowest BCUT2D eigenvalue weighted by Gasteiger charge is -2.39. The highest BCUT2D eigenvalue weighted by Crippen LogP contribution is 2.35. The van der Waals surface area contributed by atoms with Gasteiger partial charge < -0.3 is 14.7 Å². The quantitative estimate of drug-likeness (QED) is 0.342. The Balaban J connectivity index is 1.47. The summed E-state index contributed by atoms with van der Waals surface area (Å²) in [5, 5.41) is 29.0. The van der Waals surface area contributed by atoms with Crippen LogP contribution in [0.3, 0.4) is 0 Å². The van der Waals surface area contributed by atoms with E-state index in [2.05, 4.69) is 28.1 Å². The molecule has 1 aliphatic rings. The van der Waals surface area contributed by atoms with Gasteiger partial charge >= 0.3 is 5.97 Å². The maximum Gasteiger partial charge on any atom is 0.309 e. The average Bonchev–Trinajstić information content (AvgIpc) is 3.35. The van der Waals surface area contributed by atoms with Crippen LogP contribution in [0, 0.1) is 36.9 Å². The summed E-state index contributed by atoms with van der Waals surface area (Å²) in [5.74, 6) is -0.773. The maximum atomic E-state index is 14.3. The third-order valence-electron chi connectivity index (χ3n) is 6.73. The summed E-state index contributed by atoms with van der Waals surface area (Å²) in [5.41, 5.74) is 3.37. The van der Waals surface area contributed by atoms with Crippen molar-refractivity contribution >= 4 is 22.4 Å². The number of halogens is 1. The number of rotatable bonds is 12. The highest BCUT2D eigenvalue weighted by molar-refractivity contribution is 7.18. The molecule has 2 aromatic carbocycles. The second-order valence-corrected chi connectivity index (χ2v) is 10.6. The van der Waals surface area contributed by atoms with Crippen molar-refractivity contribution in [2.75, 3.05) is 31.1 Å². The number of aromatic nitrogens is 2. The Morgan fingerprint density at radius 1 is 1.29 bits per heavy atom. The Bertz CT molecular complexity index is 1290. The van der Waals surface area contributed by atoms with Crippen molar-refractivity contribution in [3.8, 4) is 22.4 Å². The van der Waals surface area contributed by atoms with Crippen LogP contribution in [0.15, 0.2) is 36.4 Å². The van der Waals surface area contributed by atoms with E-state index in [0.29, 0.717) is 30.9 Å². The molecule has 3 aromatic rings. The number of aryl methyl sites for hydroxylation is 2. The van der Waals surface area contributed by atoms with Gasteiger partial charge in [-0.1, -0.05) is 42.9 Å². The summed E-state index contributed by atoms with van der Waals surface area (Å²) >= 11 is 1.47. The molecule has 8 nitrogen and oxygen atoms in total. The molecule has 1 N–H and O–H groups in total. The normalized spacial score (nSPS) is 14.5. The molecule has 4 rings (SSSR count). The van der Waals surface area contributed by atoms with Gasteiger partial charge in [-0.3, -0.25) is 9.69 Å². The zero-order valence-corrected chi connectivity index (χ0v) is 22.7. The van der Waals surface area contributed by atoms with E-state index in [4.69, 9.17) is 9.84 Å². The molecule has 0 radical (unpaired) electrons. The summed E-state index contributed by atoms with van der Waals surface area (Å²) in [7, 11) is 0. The zero-order valence-electron chi connectivity index (χ0n) is 21.9. The van der Waals surface area contributed by atoms with Crippen molar-refractivity contribution in [1.29, 1.82) is 5.26 Å². The summed E-state index contributed by atoms with van der Waals surface area (Å²) < 4.78 is 20.4. The van der Waals surface area contributed by atoms with Crippen molar-refractivity contribution < 1.29 is 19.0 Å². The number of nitriles is 1. The number of anilines is 1. The standard InChI is InChI=1S/C28H32FN5O3S/c1-4-5-10-33(14-20-8-6-7-9-24(20)29)28-32-31-26(38-28)21-11-18(2)25(19(3)12-21)37-17-23(13-30)34-15-22(16-34)27(35)36/h6-9,11-12,22-23H,4-5,10,14-17H2,1-3H3,(H,35,36). The third-order valence-corrected chi connectivity index (χ3v) is 7.76. The third kappa shape index (κ3) is 6.29. The van der Waals surface area contributed by atoms with Gasteiger partial charge in [0, 0.05) is 37.3 Å². The van der Waals surface area contributed by atoms with Crippen molar-refractivity contribution in [2.45, 2.75) is 46.2 Å². The largest absolute Gasteiger partial charge is 0.490 e. The fraction of sp³-hybridized carbons (Fsp3) is 0.429. The van der Waals surface area contributed by atoms with E-state index >= 15 is 0 Å². The van der Waals surface area contributed by atoms with Crippen LogP contribution < -0.4 is 9.64 Å². The highest BCUT2D eigenvalue weighted by Gasteiger charge is 2.37. The number of carboxylic acid groups (broad SMARTS) is 1. The Morgan fingerprint density at radius 2 is 2.00 bits per heavy atom. The Kier molecular flexibility index (Phi) is 8.92. The lowest BCUT2D eigenvalue weighted by molar-refractivity contribution is -0.148. The highest BCUT2D eigenvalue weighted by atomic mass is 32.1. The number of nitrogens with zero attached hydrogens (tertiary/aromatic N) is 5.